The van der Waals surface area contributed by atoms with Gasteiger partial charge in [0.05, 0.1) is 30.0 Å². The van der Waals surface area contributed by atoms with Crippen molar-refractivity contribution in [2.45, 2.75) is 45.2 Å². The molecule has 0 saturated carbocycles. The van der Waals surface area contributed by atoms with Crippen LogP contribution in [0.15, 0.2) is 0 Å². The summed E-state index contributed by atoms with van der Waals surface area (Å²) in [6, 6.07) is -1.13. The summed E-state index contributed by atoms with van der Waals surface area (Å²) in [7, 11) is 1.26. The molecule has 1 heterocycles. The number of methoxy groups -OCH3 is 1. The molecule has 1 aliphatic heterocycles. The van der Waals surface area contributed by atoms with E-state index in [1.54, 1.807) is 27.8 Å². The van der Waals surface area contributed by atoms with E-state index < -0.39 is 18.2 Å². The molecule has 3 atom stereocenters. The predicted octanol–water partition coefficient (Wildman–Crippen LogP) is 1.21. The van der Waals surface area contributed by atoms with E-state index in [2.05, 4.69) is 13.6 Å². The van der Waals surface area contributed by atoms with Gasteiger partial charge < -0.3 is 15.0 Å². The van der Waals surface area contributed by atoms with Crippen LogP contribution >= 0.6 is 22.9 Å². The molecule has 0 spiro atoms. The average Bonchev–Trinajstić information content (AvgIpc) is 2.99. The molecule has 1 fully saturated rings. The summed E-state index contributed by atoms with van der Waals surface area (Å²) in [5.74, 6) is -0.444. The molecule has 2 N–H and O–H groups in total. The molecule has 7 nitrogen and oxygen atoms in total. The fraction of sp³-hybridized carbons (Fsp3) is 0.769. The molecule has 120 valence electrons. The minimum atomic E-state index is -0.676. The first-order valence-electron chi connectivity index (χ1n) is 7.01. The van der Waals surface area contributed by atoms with E-state index in [-0.39, 0.29) is 17.7 Å². The number of amides is 3. The molecule has 0 aromatic carbocycles. The highest BCUT2D eigenvalue weighted by molar-refractivity contribution is 14.1. The smallest absolute Gasteiger partial charge is 0.407 e. The first-order valence-corrected chi connectivity index (χ1v) is 8.09. The van der Waals surface area contributed by atoms with Gasteiger partial charge in [0.25, 0.3) is 5.91 Å². The van der Waals surface area contributed by atoms with E-state index >= 15 is 0 Å². The monoisotopic (exact) mass is 411 g/mol. The SMILES string of the molecule is CC[C@H](C)[C@H](NC(=O)OC)C(=O)N1CCC[C@H]1C(=O)NI. The summed E-state index contributed by atoms with van der Waals surface area (Å²) in [5.41, 5.74) is 0. The van der Waals surface area contributed by atoms with Crippen molar-refractivity contribution in [3.8, 4) is 0 Å². The van der Waals surface area contributed by atoms with Crippen molar-refractivity contribution in [1.29, 1.82) is 0 Å². The number of likely N-dealkylation sites (tertiary alicyclic amines) is 1. The van der Waals surface area contributed by atoms with E-state index in [1.807, 2.05) is 13.8 Å². The van der Waals surface area contributed by atoms with Gasteiger partial charge in [0.15, 0.2) is 0 Å². The topological polar surface area (TPSA) is 87.7 Å². The third kappa shape index (κ3) is 4.45. The quantitative estimate of drug-likeness (QED) is 0.526. The van der Waals surface area contributed by atoms with Crippen LogP contribution in [0.4, 0.5) is 4.79 Å². The third-order valence-corrected chi connectivity index (χ3v) is 4.40. The van der Waals surface area contributed by atoms with Crippen LogP contribution in [-0.4, -0.2) is 48.5 Å². The predicted molar refractivity (Wildman–Crippen MR) is 85.7 cm³/mol. The summed E-state index contributed by atoms with van der Waals surface area (Å²) < 4.78 is 7.13. The lowest BCUT2D eigenvalue weighted by atomic mass is 9.97. The van der Waals surface area contributed by atoms with Gasteiger partial charge in [-0.3, -0.25) is 13.1 Å². The molecule has 3 amide bonds. The largest absolute Gasteiger partial charge is 0.453 e. The highest BCUT2D eigenvalue weighted by Gasteiger charge is 2.39. The fourth-order valence-corrected chi connectivity index (χ4v) is 2.77. The molecular weight excluding hydrogens is 389 g/mol. The summed E-state index contributed by atoms with van der Waals surface area (Å²) in [6.45, 7) is 4.37. The molecule has 1 rings (SSSR count). The minimum Gasteiger partial charge on any atom is -0.453 e. The molecule has 21 heavy (non-hydrogen) atoms. The van der Waals surface area contributed by atoms with Crippen LogP contribution in [0.1, 0.15) is 33.1 Å². The Morgan fingerprint density at radius 1 is 1.43 bits per heavy atom. The van der Waals surface area contributed by atoms with E-state index in [0.29, 0.717) is 13.0 Å². The Kier molecular flexibility index (Phi) is 7.20. The number of hydrogen-bond donors (Lipinski definition) is 2. The first-order chi connectivity index (χ1) is 9.96. The fourth-order valence-electron chi connectivity index (χ4n) is 2.41. The number of ether oxygens (including phenoxy) is 1. The molecule has 0 aliphatic carbocycles. The maximum absolute atomic E-state index is 12.7. The van der Waals surface area contributed by atoms with Crippen molar-refractivity contribution < 1.29 is 19.1 Å². The van der Waals surface area contributed by atoms with Crippen molar-refractivity contribution in [2.75, 3.05) is 13.7 Å². The number of alkyl carbamates (subject to hydrolysis) is 1. The van der Waals surface area contributed by atoms with Crippen LogP contribution in [0.3, 0.4) is 0 Å². The lowest BCUT2D eigenvalue weighted by Crippen LogP contribution is -2.54. The zero-order valence-corrected chi connectivity index (χ0v) is 14.7. The van der Waals surface area contributed by atoms with Crippen LogP contribution < -0.4 is 8.85 Å². The molecular formula is C13H22IN3O4. The van der Waals surface area contributed by atoms with Gasteiger partial charge in [-0.2, -0.15) is 0 Å². The summed E-state index contributed by atoms with van der Waals surface area (Å²) in [6.07, 6.45) is 1.53. The summed E-state index contributed by atoms with van der Waals surface area (Å²) >= 11 is 1.77. The molecule has 0 aromatic heterocycles. The van der Waals surface area contributed by atoms with E-state index in [9.17, 15) is 14.4 Å². The highest BCUT2D eigenvalue weighted by atomic mass is 127. The number of nitrogens with zero attached hydrogens (tertiary/aromatic N) is 1. The van der Waals surface area contributed by atoms with Crippen LogP contribution in [0.2, 0.25) is 0 Å². The van der Waals surface area contributed by atoms with Crippen LogP contribution in [0, 0.1) is 5.92 Å². The number of carbonyl (C=O) groups excluding carboxylic acids is 3. The van der Waals surface area contributed by atoms with Crippen LogP contribution in [0.5, 0.6) is 0 Å². The molecule has 1 aliphatic rings. The maximum Gasteiger partial charge on any atom is 0.407 e. The van der Waals surface area contributed by atoms with Gasteiger partial charge in [0, 0.05) is 6.54 Å². The first kappa shape index (κ1) is 18.0. The van der Waals surface area contributed by atoms with Gasteiger partial charge in [0.2, 0.25) is 5.91 Å². The van der Waals surface area contributed by atoms with Crippen molar-refractivity contribution in [1.82, 2.24) is 13.7 Å². The molecule has 0 radical (unpaired) electrons. The van der Waals surface area contributed by atoms with Gasteiger partial charge in [-0.25, -0.2) is 4.79 Å². The number of carbonyl (C=O) groups is 3. The number of nitrogens with one attached hydrogen (secondary N) is 2. The molecule has 0 unspecified atom stereocenters. The second-order valence-electron chi connectivity index (χ2n) is 5.15. The Bertz CT molecular complexity index is 405. The Labute approximate surface area is 138 Å². The normalized spacial score (nSPS) is 20.6. The van der Waals surface area contributed by atoms with Crippen LogP contribution in [-0.2, 0) is 14.3 Å². The van der Waals surface area contributed by atoms with Gasteiger partial charge in [-0.1, -0.05) is 20.3 Å². The highest BCUT2D eigenvalue weighted by Crippen LogP contribution is 2.21. The number of hydrogen-bond acceptors (Lipinski definition) is 4. The maximum atomic E-state index is 12.7. The minimum absolute atomic E-state index is 0.0412. The molecule has 0 bridgehead atoms. The summed E-state index contributed by atoms with van der Waals surface area (Å²) in [4.78, 5) is 37.6. The number of halogens is 1. The van der Waals surface area contributed by atoms with E-state index in [4.69, 9.17) is 0 Å². The second kappa shape index (κ2) is 8.40. The van der Waals surface area contributed by atoms with Gasteiger partial charge in [-0.15, -0.1) is 0 Å². The van der Waals surface area contributed by atoms with Crippen LogP contribution in [0.25, 0.3) is 0 Å². The van der Waals surface area contributed by atoms with E-state index in [1.165, 1.54) is 7.11 Å². The zero-order valence-electron chi connectivity index (χ0n) is 12.5. The number of rotatable bonds is 5. The summed E-state index contributed by atoms with van der Waals surface area (Å²) in [5, 5.41) is 2.59. The van der Waals surface area contributed by atoms with Gasteiger partial charge in [-0.05, 0) is 18.8 Å². The van der Waals surface area contributed by atoms with Crippen molar-refractivity contribution in [3.05, 3.63) is 0 Å². The third-order valence-electron chi connectivity index (χ3n) is 3.87. The van der Waals surface area contributed by atoms with Crippen molar-refractivity contribution >= 4 is 40.8 Å². The molecule has 0 aromatic rings. The molecule has 8 heteroatoms. The average molecular weight is 411 g/mol. The zero-order chi connectivity index (χ0) is 16.0. The van der Waals surface area contributed by atoms with Crippen molar-refractivity contribution in [3.63, 3.8) is 0 Å². The second-order valence-corrected chi connectivity index (χ2v) is 5.69. The van der Waals surface area contributed by atoms with Gasteiger partial charge in [0.1, 0.15) is 12.1 Å². The Hall–Kier alpha value is -1.06. The Morgan fingerprint density at radius 3 is 2.62 bits per heavy atom. The lowest BCUT2D eigenvalue weighted by molar-refractivity contribution is -0.140. The Morgan fingerprint density at radius 2 is 2.10 bits per heavy atom. The lowest BCUT2D eigenvalue weighted by Gasteiger charge is -2.30. The van der Waals surface area contributed by atoms with Crippen molar-refractivity contribution in [2.24, 2.45) is 5.92 Å². The standard InChI is InChI=1S/C13H22IN3O4/c1-4-8(2)10(15-13(20)21-3)12(19)17-7-5-6-9(17)11(18)16-14/h8-10H,4-7H2,1-3H3,(H,15,20)(H,16,18)/t8-,9-,10-/m0/s1. The van der Waals surface area contributed by atoms with E-state index in [0.717, 1.165) is 12.8 Å². The Balaban J connectivity index is 2.88. The van der Waals surface area contributed by atoms with Gasteiger partial charge >= 0.3 is 6.09 Å². The molecule has 1 saturated heterocycles.